The van der Waals surface area contributed by atoms with Gasteiger partial charge in [0.1, 0.15) is 0 Å². The Balaban J connectivity index is 2.45. The first-order chi connectivity index (χ1) is 13.5. The summed E-state index contributed by atoms with van der Waals surface area (Å²) < 4.78 is 0. The summed E-state index contributed by atoms with van der Waals surface area (Å²) in [5.41, 5.74) is 6.95. The van der Waals surface area contributed by atoms with Gasteiger partial charge in [-0.25, -0.2) is 5.01 Å². The van der Waals surface area contributed by atoms with E-state index in [1.54, 1.807) is 11.1 Å². The molecule has 0 aliphatic heterocycles. The molecule has 2 amide bonds. The van der Waals surface area contributed by atoms with Crippen molar-refractivity contribution in [3.8, 4) is 0 Å². The first kappa shape index (κ1) is 22.7. The molecule has 1 N–H and O–H groups in total. The van der Waals surface area contributed by atoms with Crippen LogP contribution in [0, 0.1) is 26.2 Å². The quantitative estimate of drug-likeness (QED) is 0.670. The minimum atomic E-state index is -0.261. The van der Waals surface area contributed by atoms with Crippen molar-refractivity contribution in [1.29, 1.82) is 0 Å². The third-order valence-corrected chi connectivity index (χ3v) is 5.06. The average Bonchev–Trinajstić information content (AvgIpc) is 2.62. The van der Waals surface area contributed by atoms with Crippen LogP contribution in [0.4, 0.5) is 0 Å². The third-order valence-electron chi connectivity index (χ3n) is 5.06. The largest absolute Gasteiger partial charge is 0.272 e. The number of rotatable bonds is 5. The zero-order valence-corrected chi connectivity index (χ0v) is 18.8. The molecule has 0 saturated carbocycles. The Hall–Kier alpha value is -2.62. The van der Waals surface area contributed by atoms with E-state index in [9.17, 15) is 9.59 Å². The van der Waals surface area contributed by atoms with Gasteiger partial charge >= 0.3 is 0 Å². The van der Waals surface area contributed by atoms with Gasteiger partial charge in [0.25, 0.3) is 11.8 Å². The van der Waals surface area contributed by atoms with Crippen molar-refractivity contribution >= 4 is 11.8 Å². The second-order valence-corrected chi connectivity index (χ2v) is 9.03. The molecule has 0 aromatic heterocycles. The average molecular weight is 395 g/mol. The predicted molar refractivity (Wildman–Crippen MR) is 119 cm³/mol. The van der Waals surface area contributed by atoms with Crippen LogP contribution in [-0.4, -0.2) is 22.9 Å². The standard InChI is InChI=1S/C25H34N2O2/c1-8-10-22(25(5,6)7)27(24(29)20-12-9-11-17(2)14-20)26-23(28)21-15-18(3)13-19(4)16-21/h9,11-16,22H,8,10H2,1-7H3,(H,26,28)/t22-/m1/s1. The number of hydrogen-bond donors (Lipinski definition) is 1. The molecule has 4 heteroatoms. The van der Waals surface area contributed by atoms with E-state index in [4.69, 9.17) is 0 Å². The van der Waals surface area contributed by atoms with Crippen LogP contribution >= 0.6 is 0 Å². The molecule has 0 unspecified atom stereocenters. The van der Waals surface area contributed by atoms with Gasteiger partial charge in [-0.2, -0.15) is 0 Å². The topological polar surface area (TPSA) is 49.4 Å². The Labute approximate surface area is 175 Å². The van der Waals surface area contributed by atoms with E-state index in [0.717, 1.165) is 29.5 Å². The summed E-state index contributed by atoms with van der Waals surface area (Å²) in [6, 6.07) is 13.1. The van der Waals surface area contributed by atoms with E-state index < -0.39 is 0 Å². The second kappa shape index (κ2) is 9.25. The highest BCUT2D eigenvalue weighted by Gasteiger charge is 2.34. The van der Waals surface area contributed by atoms with E-state index in [1.165, 1.54) is 0 Å². The van der Waals surface area contributed by atoms with Gasteiger partial charge < -0.3 is 0 Å². The molecule has 0 bridgehead atoms. The lowest BCUT2D eigenvalue weighted by Crippen LogP contribution is -2.56. The maximum Gasteiger partial charge on any atom is 0.272 e. The van der Waals surface area contributed by atoms with Gasteiger partial charge in [-0.1, -0.05) is 69.0 Å². The molecule has 0 fully saturated rings. The van der Waals surface area contributed by atoms with Crippen LogP contribution in [0.2, 0.25) is 0 Å². The Morgan fingerprint density at radius 2 is 1.52 bits per heavy atom. The fraction of sp³-hybridized carbons (Fsp3) is 0.440. The molecule has 156 valence electrons. The minimum absolute atomic E-state index is 0.129. The molecule has 2 rings (SSSR count). The van der Waals surface area contributed by atoms with Crippen LogP contribution in [0.1, 0.15) is 77.9 Å². The monoisotopic (exact) mass is 394 g/mol. The van der Waals surface area contributed by atoms with Crippen LogP contribution in [0.25, 0.3) is 0 Å². The van der Waals surface area contributed by atoms with Gasteiger partial charge in [0.05, 0.1) is 6.04 Å². The Kier molecular flexibility index (Phi) is 7.23. The molecular formula is C25H34N2O2. The lowest BCUT2D eigenvalue weighted by atomic mass is 9.83. The van der Waals surface area contributed by atoms with Crippen LogP contribution < -0.4 is 5.43 Å². The highest BCUT2D eigenvalue weighted by Crippen LogP contribution is 2.28. The van der Waals surface area contributed by atoms with Crippen LogP contribution in [0.15, 0.2) is 42.5 Å². The molecule has 0 aliphatic rings. The van der Waals surface area contributed by atoms with Gasteiger partial charge in [0, 0.05) is 11.1 Å². The summed E-state index contributed by atoms with van der Waals surface area (Å²) in [5, 5.41) is 1.55. The van der Waals surface area contributed by atoms with Crippen molar-refractivity contribution < 1.29 is 9.59 Å². The van der Waals surface area contributed by atoms with Crippen LogP contribution in [-0.2, 0) is 0 Å². The maximum atomic E-state index is 13.5. The lowest BCUT2D eigenvalue weighted by molar-refractivity contribution is 0.0271. The molecule has 29 heavy (non-hydrogen) atoms. The first-order valence-corrected chi connectivity index (χ1v) is 10.3. The van der Waals surface area contributed by atoms with Crippen molar-refractivity contribution in [2.45, 2.75) is 67.3 Å². The minimum Gasteiger partial charge on any atom is -0.267 e. The Morgan fingerprint density at radius 3 is 2.03 bits per heavy atom. The summed E-state index contributed by atoms with van der Waals surface area (Å²) in [4.78, 5) is 26.6. The van der Waals surface area contributed by atoms with Gasteiger partial charge in [0.15, 0.2) is 0 Å². The van der Waals surface area contributed by atoms with E-state index >= 15 is 0 Å². The molecule has 0 spiro atoms. The SMILES string of the molecule is CCC[C@@H](N(NC(=O)c1cc(C)cc(C)c1)C(=O)c1cccc(C)c1)C(C)(C)C. The fourth-order valence-corrected chi connectivity index (χ4v) is 3.69. The highest BCUT2D eigenvalue weighted by atomic mass is 16.2. The van der Waals surface area contributed by atoms with Gasteiger partial charge in [-0.15, -0.1) is 0 Å². The highest BCUT2D eigenvalue weighted by molar-refractivity contribution is 5.99. The number of carbonyl (C=O) groups excluding carboxylic acids is 2. The van der Waals surface area contributed by atoms with Crippen LogP contribution in [0.5, 0.6) is 0 Å². The van der Waals surface area contributed by atoms with Crippen molar-refractivity contribution in [1.82, 2.24) is 10.4 Å². The van der Waals surface area contributed by atoms with Crippen molar-refractivity contribution in [2.75, 3.05) is 0 Å². The summed E-state index contributed by atoms with van der Waals surface area (Å²) in [7, 11) is 0. The van der Waals surface area contributed by atoms with E-state index in [-0.39, 0.29) is 23.3 Å². The Bertz CT molecular complexity index is 860. The van der Waals surface area contributed by atoms with Gasteiger partial charge in [-0.05, 0) is 56.9 Å². The summed E-state index contributed by atoms with van der Waals surface area (Å²) in [6.07, 6.45) is 1.72. The smallest absolute Gasteiger partial charge is 0.267 e. The molecule has 0 aliphatic carbocycles. The van der Waals surface area contributed by atoms with Crippen molar-refractivity contribution in [3.63, 3.8) is 0 Å². The zero-order valence-electron chi connectivity index (χ0n) is 18.8. The van der Waals surface area contributed by atoms with E-state index in [2.05, 4.69) is 33.1 Å². The number of hydrogen-bond acceptors (Lipinski definition) is 2. The predicted octanol–water partition coefficient (Wildman–Crippen LogP) is 5.61. The number of benzene rings is 2. The Morgan fingerprint density at radius 1 is 0.931 bits per heavy atom. The molecule has 4 nitrogen and oxygen atoms in total. The van der Waals surface area contributed by atoms with Gasteiger partial charge in [-0.3, -0.25) is 15.0 Å². The molecule has 2 aromatic rings. The second-order valence-electron chi connectivity index (χ2n) is 9.03. The number of hydrazine groups is 1. The van der Waals surface area contributed by atoms with Crippen molar-refractivity contribution in [2.24, 2.45) is 5.41 Å². The number of aryl methyl sites for hydroxylation is 3. The maximum absolute atomic E-state index is 13.5. The summed E-state index contributed by atoms with van der Waals surface area (Å²) in [6.45, 7) is 14.3. The number of nitrogens with one attached hydrogen (secondary N) is 1. The summed E-state index contributed by atoms with van der Waals surface area (Å²) in [5.74, 6) is -0.442. The molecule has 2 aromatic carbocycles. The zero-order chi connectivity index (χ0) is 21.8. The normalized spacial score (nSPS) is 12.4. The lowest BCUT2D eigenvalue weighted by Gasteiger charge is -2.40. The van der Waals surface area contributed by atoms with Crippen molar-refractivity contribution in [3.05, 3.63) is 70.3 Å². The number of carbonyl (C=O) groups is 2. The molecule has 0 heterocycles. The van der Waals surface area contributed by atoms with E-state index in [0.29, 0.717) is 11.1 Å². The third kappa shape index (κ3) is 5.93. The fourth-order valence-electron chi connectivity index (χ4n) is 3.69. The van der Waals surface area contributed by atoms with E-state index in [1.807, 2.05) is 57.2 Å². The van der Waals surface area contributed by atoms with Gasteiger partial charge in [0.2, 0.25) is 0 Å². The number of amides is 2. The van der Waals surface area contributed by atoms with Crippen LogP contribution in [0.3, 0.4) is 0 Å². The number of nitrogens with zero attached hydrogens (tertiary/aromatic N) is 1. The molecular weight excluding hydrogens is 360 g/mol. The molecule has 0 saturated heterocycles. The molecule has 1 atom stereocenters. The summed E-state index contributed by atoms with van der Waals surface area (Å²) >= 11 is 0. The molecule has 0 radical (unpaired) electrons. The first-order valence-electron chi connectivity index (χ1n) is 10.3.